The number of benzene rings is 3. The second-order valence-electron chi connectivity index (χ2n) is 9.95. The van der Waals surface area contributed by atoms with Gasteiger partial charge in [0.15, 0.2) is 0 Å². The molecule has 1 amide bonds. The molecular formula is C32H29ClN6O2. The van der Waals surface area contributed by atoms with E-state index in [9.17, 15) is 4.79 Å². The average molecular weight is 565 g/mol. The van der Waals surface area contributed by atoms with Crippen LogP contribution >= 0.6 is 11.8 Å². The SMILES string of the molecule is Cc1ccc2c(N(Cl)C(=O)c3ccccc3)cccc2c1Oc1ncccc1-c1ccnc(N[C@H]2CCCNC2)n1. The van der Waals surface area contributed by atoms with Crippen molar-refractivity contribution in [1.29, 1.82) is 0 Å². The van der Waals surface area contributed by atoms with Crippen molar-refractivity contribution in [2.45, 2.75) is 25.8 Å². The number of ether oxygens (including phenoxy) is 1. The van der Waals surface area contributed by atoms with Gasteiger partial charge in [-0.3, -0.25) is 4.79 Å². The molecule has 2 aromatic heterocycles. The number of halogens is 1. The molecule has 1 atom stereocenters. The lowest BCUT2D eigenvalue weighted by Crippen LogP contribution is -2.38. The van der Waals surface area contributed by atoms with Crippen LogP contribution in [0.25, 0.3) is 22.0 Å². The van der Waals surface area contributed by atoms with Crippen LogP contribution in [0.1, 0.15) is 28.8 Å². The third kappa shape index (κ3) is 5.70. The first-order chi connectivity index (χ1) is 20.1. The van der Waals surface area contributed by atoms with E-state index < -0.39 is 0 Å². The number of rotatable bonds is 7. The van der Waals surface area contributed by atoms with Gasteiger partial charge in [0.2, 0.25) is 11.8 Å². The molecule has 1 saturated heterocycles. The molecule has 8 nitrogen and oxygen atoms in total. The lowest BCUT2D eigenvalue weighted by atomic mass is 10.0. The fourth-order valence-corrected chi connectivity index (χ4v) is 5.28. The minimum absolute atomic E-state index is 0.284. The minimum Gasteiger partial charge on any atom is -0.437 e. The van der Waals surface area contributed by atoms with Gasteiger partial charge in [-0.1, -0.05) is 42.5 Å². The first-order valence-corrected chi connectivity index (χ1v) is 13.9. The van der Waals surface area contributed by atoms with E-state index in [1.165, 1.54) is 0 Å². The summed E-state index contributed by atoms with van der Waals surface area (Å²) in [6, 6.07) is 24.4. The van der Waals surface area contributed by atoms with E-state index in [4.69, 9.17) is 21.5 Å². The Labute approximate surface area is 243 Å². The van der Waals surface area contributed by atoms with Gasteiger partial charge in [0, 0.05) is 53.1 Å². The normalized spacial score (nSPS) is 14.9. The molecule has 1 fully saturated rings. The van der Waals surface area contributed by atoms with Gasteiger partial charge >= 0.3 is 0 Å². The van der Waals surface area contributed by atoms with Crippen molar-refractivity contribution in [1.82, 2.24) is 20.3 Å². The van der Waals surface area contributed by atoms with Crippen LogP contribution in [0.5, 0.6) is 11.6 Å². The largest absolute Gasteiger partial charge is 0.437 e. The Balaban J connectivity index is 1.34. The summed E-state index contributed by atoms with van der Waals surface area (Å²) in [5.41, 5.74) is 3.42. The van der Waals surface area contributed by atoms with Crippen LogP contribution in [0.2, 0.25) is 0 Å². The molecule has 0 unspecified atom stereocenters. The van der Waals surface area contributed by atoms with Gasteiger partial charge in [0.05, 0.1) is 16.9 Å². The Bertz CT molecular complexity index is 1690. The minimum atomic E-state index is -0.313. The van der Waals surface area contributed by atoms with E-state index in [2.05, 4.69) is 20.6 Å². The number of pyridine rings is 1. The zero-order valence-corrected chi connectivity index (χ0v) is 23.3. The number of anilines is 2. The summed E-state index contributed by atoms with van der Waals surface area (Å²) < 4.78 is 7.68. The number of nitrogens with zero attached hydrogens (tertiary/aromatic N) is 4. The van der Waals surface area contributed by atoms with E-state index in [1.54, 1.807) is 24.5 Å². The van der Waals surface area contributed by atoms with Crippen molar-refractivity contribution in [3.8, 4) is 22.9 Å². The number of aryl methyl sites for hydroxylation is 1. The third-order valence-corrected chi connectivity index (χ3v) is 7.46. The summed E-state index contributed by atoms with van der Waals surface area (Å²) in [5, 5.41) is 8.43. The Morgan fingerprint density at radius 1 is 0.976 bits per heavy atom. The second-order valence-corrected chi connectivity index (χ2v) is 10.3. The van der Waals surface area contributed by atoms with Crippen LogP contribution in [0.3, 0.4) is 0 Å². The summed E-state index contributed by atoms with van der Waals surface area (Å²) in [6.07, 6.45) is 5.62. The Morgan fingerprint density at radius 2 is 1.85 bits per heavy atom. The summed E-state index contributed by atoms with van der Waals surface area (Å²) in [4.78, 5) is 26.9. The number of nitrogens with one attached hydrogen (secondary N) is 2. The maximum atomic E-state index is 13.1. The second kappa shape index (κ2) is 11.9. The van der Waals surface area contributed by atoms with Crippen molar-refractivity contribution in [2.75, 3.05) is 22.8 Å². The molecule has 1 aliphatic heterocycles. The van der Waals surface area contributed by atoms with Gasteiger partial charge in [-0.15, -0.1) is 0 Å². The molecule has 0 aliphatic carbocycles. The molecule has 6 rings (SSSR count). The topological polar surface area (TPSA) is 92.3 Å². The molecular weight excluding hydrogens is 536 g/mol. The van der Waals surface area contributed by atoms with Gasteiger partial charge < -0.3 is 15.4 Å². The highest BCUT2D eigenvalue weighted by Crippen LogP contribution is 2.40. The van der Waals surface area contributed by atoms with E-state index in [0.29, 0.717) is 34.5 Å². The number of carbonyl (C=O) groups excluding carboxylic acids is 1. The van der Waals surface area contributed by atoms with E-state index >= 15 is 0 Å². The Morgan fingerprint density at radius 3 is 2.68 bits per heavy atom. The number of aromatic nitrogens is 3. The molecule has 0 spiro atoms. The highest BCUT2D eigenvalue weighted by atomic mass is 35.5. The molecule has 3 heterocycles. The lowest BCUT2D eigenvalue weighted by Gasteiger charge is -2.23. The zero-order chi connectivity index (χ0) is 28.2. The van der Waals surface area contributed by atoms with Crippen molar-refractivity contribution in [3.05, 3.63) is 102 Å². The quantitative estimate of drug-likeness (QED) is 0.211. The summed E-state index contributed by atoms with van der Waals surface area (Å²) in [6.45, 7) is 3.90. The molecule has 5 aromatic rings. The highest BCUT2D eigenvalue weighted by Gasteiger charge is 2.21. The fourth-order valence-electron chi connectivity index (χ4n) is 5.03. The maximum Gasteiger partial charge on any atom is 0.272 e. The first kappa shape index (κ1) is 26.7. The van der Waals surface area contributed by atoms with Crippen LogP contribution in [-0.4, -0.2) is 40.0 Å². The Kier molecular flexibility index (Phi) is 7.75. The van der Waals surface area contributed by atoms with Crippen LogP contribution in [0.4, 0.5) is 11.6 Å². The number of amides is 1. The van der Waals surface area contributed by atoms with Gasteiger partial charge in [-0.05, 0) is 68.3 Å². The predicted molar refractivity (Wildman–Crippen MR) is 163 cm³/mol. The van der Waals surface area contributed by atoms with Gasteiger partial charge in [0.25, 0.3) is 5.91 Å². The van der Waals surface area contributed by atoms with Gasteiger partial charge in [-0.2, -0.15) is 0 Å². The average Bonchev–Trinajstić information content (AvgIpc) is 3.02. The predicted octanol–water partition coefficient (Wildman–Crippen LogP) is 6.76. The third-order valence-electron chi connectivity index (χ3n) is 7.13. The molecule has 0 radical (unpaired) electrons. The van der Waals surface area contributed by atoms with Crippen molar-refractivity contribution in [2.24, 2.45) is 0 Å². The zero-order valence-electron chi connectivity index (χ0n) is 22.5. The standard InChI is InChI=1S/C32H29ClN6O2/c1-21-14-15-24-25(11-5-13-28(24)39(33)31(40)22-8-3-2-4-9-22)29(21)41-30-26(12-7-18-35-30)27-16-19-36-32(38-27)37-23-10-6-17-34-20-23/h2-5,7-9,11-16,18-19,23,34H,6,10,17,20H2,1H3,(H,36,37,38)/t23-/m0/s1. The van der Waals surface area contributed by atoms with Gasteiger partial charge in [0.1, 0.15) is 5.75 Å². The summed E-state index contributed by atoms with van der Waals surface area (Å²) >= 11 is 6.62. The van der Waals surface area contributed by atoms with Crippen LogP contribution < -0.4 is 19.8 Å². The fraction of sp³-hybridized carbons (Fsp3) is 0.188. The lowest BCUT2D eigenvalue weighted by molar-refractivity contribution is 0.101. The number of hydrogen-bond donors (Lipinski definition) is 2. The molecule has 0 saturated carbocycles. The molecule has 2 N–H and O–H groups in total. The molecule has 206 valence electrons. The summed E-state index contributed by atoms with van der Waals surface area (Å²) in [7, 11) is 0. The highest BCUT2D eigenvalue weighted by molar-refractivity contribution is 6.40. The molecule has 0 bridgehead atoms. The summed E-state index contributed by atoms with van der Waals surface area (Å²) in [5.74, 6) is 1.30. The maximum absolute atomic E-state index is 13.1. The molecule has 3 aromatic carbocycles. The number of piperidine rings is 1. The van der Waals surface area contributed by atoms with E-state index in [1.807, 2.05) is 73.7 Å². The molecule has 41 heavy (non-hydrogen) atoms. The van der Waals surface area contributed by atoms with Crippen molar-refractivity contribution < 1.29 is 9.53 Å². The van der Waals surface area contributed by atoms with Crippen LogP contribution in [0.15, 0.2) is 91.3 Å². The van der Waals surface area contributed by atoms with Crippen LogP contribution in [-0.2, 0) is 0 Å². The van der Waals surface area contributed by atoms with E-state index in [0.717, 1.165) is 52.2 Å². The number of hydrogen-bond acceptors (Lipinski definition) is 7. The van der Waals surface area contributed by atoms with Gasteiger partial charge in [-0.25, -0.2) is 19.4 Å². The smallest absolute Gasteiger partial charge is 0.272 e. The molecule has 9 heteroatoms. The number of fused-ring (bicyclic) bond motifs is 1. The van der Waals surface area contributed by atoms with E-state index in [-0.39, 0.29) is 11.9 Å². The van der Waals surface area contributed by atoms with Crippen molar-refractivity contribution >= 4 is 40.1 Å². The van der Waals surface area contributed by atoms with Crippen molar-refractivity contribution in [3.63, 3.8) is 0 Å². The Hall–Kier alpha value is -4.53. The monoisotopic (exact) mass is 564 g/mol. The molecule has 1 aliphatic rings. The van der Waals surface area contributed by atoms with Crippen LogP contribution in [0, 0.1) is 6.92 Å². The first-order valence-electron chi connectivity index (χ1n) is 13.6. The number of carbonyl (C=O) groups is 1.